The third-order valence-corrected chi connectivity index (χ3v) is 8.80. The van der Waals surface area contributed by atoms with Gasteiger partial charge in [0, 0.05) is 18.3 Å². The highest BCUT2D eigenvalue weighted by molar-refractivity contribution is 7.92. The van der Waals surface area contributed by atoms with Gasteiger partial charge in [0.25, 0.3) is 15.9 Å². The predicted molar refractivity (Wildman–Crippen MR) is 147 cm³/mol. The molecule has 0 spiro atoms. The third kappa shape index (κ3) is 5.09. The number of thiazole rings is 1. The first kappa shape index (κ1) is 24.6. The summed E-state index contributed by atoms with van der Waals surface area (Å²) in [5, 5.41) is 0.551. The first-order valence-corrected chi connectivity index (χ1v) is 14.0. The van der Waals surface area contributed by atoms with Crippen molar-refractivity contribution in [3.63, 3.8) is 0 Å². The minimum atomic E-state index is -3.80. The molecule has 0 N–H and O–H groups in total. The average Bonchev–Trinajstić information content (AvgIpc) is 3.37. The number of benzene rings is 3. The Morgan fingerprint density at radius 3 is 2.24 bits per heavy atom. The number of pyridine rings is 1. The molecule has 0 aliphatic heterocycles. The first-order chi connectivity index (χ1) is 18.0. The Kier molecular flexibility index (Phi) is 6.98. The lowest BCUT2D eigenvalue weighted by Gasteiger charge is -2.23. The van der Waals surface area contributed by atoms with E-state index in [0.717, 1.165) is 15.9 Å². The van der Waals surface area contributed by atoms with Crippen LogP contribution in [0.25, 0.3) is 10.2 Å². The molecular formula is C28H24N4O3S2. The van der Waals surface area contributed by atoms with Crippen molar-refractivity contribution in [1.82, 2.24) is 9.97 Å². The summed E-state index contributed by atoms with van der Waals surface area (Å²) < 4.78 is 29.0. The Balaban J connectivity index is 1.47. The lowest BCUT2D eigenvalue weighted by molar-refractivity contribution is 0.0984. The quantitative estimate of drug-likeness (QED) is 0.256. The smallest absolute Gasteiger partial charge is 0.264 e. The Morgan fingerprint density at radius 1 is 0.865 bits per heavy atom. The van der Waals surface area contributed by atoms with E-state index in [4.69, 9.17) is 0 Å². The number of hydrogen-bond acceptors (Lipinski definition) is 6. The van der Waals surface area contributed by atoms with Gasteiger partial charge in [0.1, 0.15) is 0 Å². The SMILES string of the molecule is CCN(c1ccccc1)S(=O)(=O)c1ccc(C(=O)N(Cc2ccccn2)c2nc3ccccc3s2)cc1. The van der Waals surface area contributed by atoms with Crippen molar-refractivity contribution in [2.75, 3.05) is 15.7 Å². The van der Waals surface area contributed by atoms with E-state index in [0.29, 0.717) is 16.4 Å². The molecule has 7 nitrogen and oxygen atoms in total. The number of fused-ring (bicyclic) bond motifs is 1. The van der Waals surface area contributed by atoms with E-state index in [-0.39, 0.29) is 23.9 Å². The molecule has 0 fully saturated rings. The summed E-state index contributed by atoms with van der Waals surface area (Å²) in [6.07, 6.45) is 1.68. The van der Waals surface area contributed by atoms with E-state index in [1.807, 2.05) is 48.5 Å². The van der Waals surface area contributed by atoms with Crippen molar-refractivity contribution in [2.45, 2.75) is 18.4 Å². The summed E-state index contributed by atoms with van der Waals surface area (Å²) in [6.45, 7) is 2.30. The van der Waals surface area contributed by atoms with E-state index >= 15 is 0 Å². The van der Waals surface area contributed by atoms with Gasteiger partial charge in [0.15, 0.2) is 5.13 Å². The van der Waals surface area contributed by atoms with Crippen molar-refractivity contribution >= 4 is 48.3 Å². The van der Waals surface area contributed by atoms with Gasteiger partial charge in [0.2, 0.25) is 0 Å². The molecule has 0 saturated heterocycles. The van der Waals surface area contributed by atoms with Gasteiger partial charge in [-0.15, -0.1) is 0 Å². The molecule has 1 amide bonds. The highest BCUT2D eigenvalue weighted by atomic mass is 32.2. The fourth-order valence-corrected chi connectivity index (χ4v) is 6.43. The van der Waals surface area contributed by atoms with Crippen LogP contribution in [0.5, 0.6) is 0 Å². The molecule has 9 heteroatoms. The van der Waals surface area contributed by atoms with Crippen LogP contribution in [0.3, 0.4) is 0 Å². The molecule has 2 heterocycles. The van der Waals surface area contributed by atoms with Crippen LogP contribution in [0.2, 0.25) is 0 Å². The Labute approximate surface area is 219 Å². The molecular weight excluding hydrogens is 504 g/mol. The maximum atomic E-state index is 13.7. The van der Waals surface area contributed by atoms with E-state index in [9.17, 15) is 13.2 Å². The van der Waals surface area contributed by atoms with Crippen LogP contribution in [0.15, 0.2) is 108 Å². The van der Waals surface area contributed by atoms with Crippen LogP contribution in [0.1, 0.15) is 23.0 Å². The second-order valence-corrected chi connectivity index (χ2v) is 11.1. The number of hydrogen-bond donors (Lipinski definition) is 0. The first-order valence-electron chi connectivity index (χ1n) is 11.7. The van der Waals surface area contributed by atoms with Crippen LogP contribution in [0.4, 0.5) is 10.8 Å². The van der Waals surface area contributed by atoms with Gasteiger partial charge >= 0.3 is 0 Å². The van der Waals surface area contributed by atoms with Gasteiger partial charge < -0.3 is 0 Å². The zero-order valence-corrected chi connectivity index (χ0v) is 21.7. The standard InChI is InChI=1S/C28H24N4O3S2/c1-2-32(23-11-4-3-5-12-23)37(34,35)24-17-15-21(16-18-24)27(33)31(20-22-10-8-9-19-29-22)28-30-25-13-6-7-14-26(25)36-28/h3-19H,2,20H2,1H3. The molecule has 0 saturated carbocycles. The maximum absolute atomic E-state index is 13.7. The molecule has 186 valence electrons. The molecule has 5 aromatic rings. The zero-order chi connectivity index (χ0) is 25.8. The molecule has 5 rings (SSSR count). The van der Waals surface area contributed by atoms with E-state index in [2.05, 4.69) is 9.97 Å². The lowest BCUT2D eigenvalue weighted by Crippen LogP contribution is -2.32. The molecule has 0 aliphatic rings. The van der Waals surface area contributed by atoms with Crippen LogP contribution in [-0.4, -0.2) is 30.8 Å². The predicted octanol–water partition coefficient (Wildman–Crippen LogP) is 5.75. The summed E-state index contributed by atoms with van der Waals surface area (Å²) in [5.74, 6) is -0.288. The molecule has 0 aliphatic carbocycles. The molecule has 0 atom stereocenters. The van der Waals surface area contributed by atoms with Crippen molar-refractivity contribution in [1.29, 1.82) is 0 Å². The number of nitrogens with zero attached hydrogens (tertiary/aromatic N) is 4. The van der Waals surface area contributed by atoms with Gasteiger partial charge in [-0.3, -0.25) is 19.0 Å². The second-order valence-electron chi connectivity index (χ2n) is 8.21. The van der Waals surface area contributed by atoms with Gasteiger partial charge in [-0.05, 0) is 67.6 Å². The summed E-state index contributed by atoms with van der Waals surface area (Å²) in [7, 11) is -3.80. The Bertz CT molecular complexity index is 1590. The van der Waals surface area contributed by atoms with Crippen molar-refractivity contribution < 1.29 is 13.2 Å². The van der Waals surface area contributed by atoms with E-state index in [1.165, 1.54) is 27.8 Å². The number of aromatic nitrogens is 2. The minimum Gasteiger partial charge on any atom is -0.278 e. The van der Waals surface area contributed by atoms with Crippen molar-refractivity contribution in [3.8, 4) is 0 Å². The highest BCUT2D eigenvalue weighted by Gasteiger charge is 2.26. The summed E-state index contributed by atoms with van der Waals surface area (Å²) >= 11 is 1.42. The number of sulfonamides is 1. The number of amides is 1. The summed E-state index contributed by atoms with van der Waals surface area (Å²) in [4.78, 5) is 24.5. The number of rotatable bonds is 8. The Hall–Kier alpha value is -4.08. The number of para-hydroxylation sites is 2. The second kappa shape index (κ2) is 10.5. The van der Waals surface area contributed by atoms with Gasteiger partial charge in [-0.2, -0.15) is 0 Å². The molecule has 3 aromatic carbocycles. The summed E-state index contributed by atoms with van der Waals surface area (Å²) in [5.41, 5.74) is 2.47. The topological polar surface area (TPSA) is 83.5 Å². The number of carbonyl (C=O) groups excluding carboxylic acids is 1. The Morgan fingerprint density at radius 2 is 1.57 bits per heavy atom. The monoisotopic (exact) mass is 528 g/mol. The van der Waals surface area contributed by atoms with Crippen LogP contribution < -0.4 is 9.21 Å². The maximum Gasteiger partial charge on any atom is 0.264 e. The van der Waals surface area contributed by atoms with Crippen LogP contribution >= 0.6 is 11.3 Å². The van der Waals surface area contributed by atoms with Crippen molar-refractivity contribution in [2.24, 2.45) is 0 Å². The number of anilines is 2. The number of carbonyl (C=O) groups is 1. The van der Waals surface area contributed by atoms with Gasteiger partial charge in [0.05, 0.1) is 33.0 Å². The van der Waals surface area contributed by atoms with Gasteiger partial charge in [-0.25, -0.2) is 13.4 Å². The van der Waals surface area contributed by atoms with E-state index in [1.54, 1.807) is 54.4 Å². The fraction of sp³-hybridized carbons (Fsp3) is 0.107. The normalized spacial score (nSPS) is 11.4. The van der Waals surface area contributed by atoms with Crippen molar-refractivity contribution in [3.05, 3.63) is 115 Å². The molecule has 0 bridgehead atoms. The third-order valence-electron chi connectivity index (χ3n) is 5.83. The zero-order valence-electron chi connectivity index (χ0n) is 20.1. The lowest BCUT2D eigenvalue weighted by atomic mass is 10.2. The molecule has 37 heavy (non-hydrogen) atoms. The largest absolute Gasteiger partial charge is 0.278 e. The molecule has 2 aromatic heterocycles. The van der Waals surface area contributed by atoms with E-state index < -0.39 is 10.0 Å². The molecule has 0 radical (unpaired) electrons. The minimum absolute atomic E-state index is 0.117. The van der Waals surface area contributed by atoms with Gasteiger partial charge in [-0.1, -0.05) is 47.7 Å². The van der Waals surface area contributed by atoms with Crippen LogP contribution in [0, 0.1) is 0 Å². The van der Waals surface area contributed by atoms with Crippen LogP contribution in [-0.2, 0) is 16.6 Å². The molecule has 0 unspecified atom stereocenters. The fourth-order valence-electron chi connectivity index (χ4n) is 3.99. The average molecular weight is 529 g/mol. The summed E-state index contributed by atoms with van der Waals surface area (Å²) in [6, 6.07) is 28.3. The highest BCUT2D eigenvalue weighted by Crippen LogP contribution is 2.31.